The molecule has 1 amide bonds. The van der Waals surface area contributed by atoms with Gasteiger partial charge in [0.25, 0.3) is 0 Å². The SMILES string of the molecule is CCC(=O)Nc1cc2c(NCc3ccc(OC)c(Cl)c3)ncnc2c(CC(O)CO)c1OC. The van der Waals surface area contributed by atoms with Gasteiger partial charge in [-0.3, -0.25) is 4.79 Å². The predicted molar refractivity (Wildman–Crippen MR) is 127 cm³/mol. The number of amides is 1. The fourth-order valence-electron chi connectivity index (χ4n) is 3.45. The molecule has 9 nitrogen and oxygen atoms in total. The number of methoxy groups -OCH3 is 2. The van der Waals surface area contributed by atoms with Crippen LogP contribution in [0, 0.1) is 0 Å². The molecule has 33 heavy (non-hydrogen) atoms. The summed E-state index contributed by atoms with van der Waals surface area (Å²) in [6.45, 7) is 1.74. The van der Waals surface area contributed by atoms with Crippen molar-refractivity contribution < 1.29 is 24.5 Å². The Labute approximate surface area is 196 Å². The van der Waals surface area contributed by atoms with Crippen LogP contribution in [-0.2, 0) is 17.8 Å². The molecule has 1 heterocycles. The van der Waals surface area contributed by atoms with Gasteiger partial charge in [-0.15, -0.1) is 0 Å². The van der Waals surface area contributed by atoms with Crippen LogP contribution in [0.2, 0.25) is 5.02 Å². The summed E-state index contributed by atoms with van der Waals surface area (Å²) in [6.07, 6.45) is 0.748. The van der Waals surface area contributed by atoms with E-state index in [0.717, 1.165) is 5.56 Å². The molecule has 10 heteroatoms. The molecule has 0 aliphatic carbocycles. The molecular formula is C23H27ClN4O5. The predicted octanol–water partition coefficient (Wildman–Crippen LogP) is 3.16. The van der Waals surface area contributed by atoms with Crippen molar-refractivity contribution in [2.24, 2.45) is 0 Å². The summed E-state index contributed by atoms with van der Waals surface area (Å²) in [4.78, 5) is 20.9. The highest BCUT2D eigenvalue weighted by Crippen LogP contribution is 2.38. The largest absolute Gasteiger partial charge is 0.495 e. The lowest BCUT2D eigenvalue weighted by Crippen LogP contribution is -2.18. The summed E-state index contributed by atoms with van der Waals surface area (Å²) in [5.41, 5.74) is 2.44. The van der Waals surface area contributed by atoms with Crippen molar-refractivity contribution in [3.8, 4) is 11.5 Å². The Kier molecular flexibility index (Phi) is 8.26. The van der Waals surface area contributed by atoms with Gasteiger partial charge >= 0.3 is 0 Å². The van der Waals surface area contributed by atoms with Crippen molar-refractivity contribution in [3.63, 3.8) is 0 Å². The number of aromatic nitrogens is 2. The second kappa shape index (κ2) is 11.1. The lowest BCUT2D eigenvalue weighted by molar-refractivity contribution is -0.115. The number of rotatable bonds is 10. The van der Waals surface area contributed by atoms with Crippen LogP contribution in [0.4, 0.5) is 11.5 Å². The van der Waals surface area contributed by atoms with E-state index in [4.69, 9.17) is 21.1 Å². The van der Waals surface area contributed by atoms with E-state index in [1.54, 1.807) is 32.2 Å². The van der Waals surface area contributed by atoms with Crippen LogP contribution in [0.25, 0.3) is 10.9 Å². The zero-order chi connectivity index (χ0) is 24.0. The third kappa shape index (κ3) is 5.62. The Morgan fingerprint density at radius 1 is 1.21 bits per heavy atom. The van der Waals surface area contributed by atoms with Gasteiger partial charge in [0.05, 0.1) is 43.2 Å². The van der Waals surface area contributed by atoms with E-state index in [0.29, 0.717) is 51.0 Å². The molecule has 176 valence electrons. The smallest absolute Gasteiger partial charge is 0.224 e. The Hall–Kier alpha value is -3.14. The van der Waals surface area contributed by atoms with Crippen molar-refractivity contribution in [2.75, 3.05) is 31.5 Å². The van der Waals surface area contributed by atoms with Gasteiger partial charge in [-0.05, 0) is 23.8 Å². The summed E-state index contributed by atoms with van der Waals surface area (Å²) in [5.74, 6) is 1.30. The van der Waals surface area contributed by atoms with Crippen LogP contribution in [0.1, 0.15) is 24.5 Å². The molecule has 1 unspecified atom stereocenters. The highest BCUT2D eigenvalue weighted by molar-refractivity contribution is 6.32. The molecule has 3 rings (SSSR count). The minimum absolute atomic E-state index is 0.0799. The van der Waals surface area contributed by atoms with Crippen molar-refractivity contribution in [2.45, 2.75) is 32.4 Å². The quantitative estimate of drug-likeness (QED) is 0.353. The topological polar surface area (TPSA) is 126 Å². The fourth-order valence-corrected chi connectivity index (χ4v) is 3.73. The molecule has 0 fully saturated rings. The second-order valence-corrected chi connectivity index (χ2v) is 7.73. The first-order valence-corrected chi connectivity index (χ1v) is 10.8. The van der Waals surface area contributed by atoms with Crippen LogP contribution in [0.15, 0.2) is 30.6 Å². The van der Waals surface area contributed by atoms with Gasteiger partial charge in [-0.2, -0.15) is 0 Å². The van der Waals surface area contributed by atoms with Crippen molar-refractivity contribution in [1.29, 1.82) is 0 Å². The maximum absolute atomic E-state index is 12.1. The lowest BCUT2D eigenvalue weighted by atomic mass is 10.0. The Morgan fingerprint density at radius 2 is 2.00 bits per heavy atom. The molecule has 0 aliphatic heterocycles. The van der Waals surface area contributed by atoms with E-state index in [-0.39, 0.29) is 18.7 Å². The first-order valence-electron chi connectivity index (χ1n) is 10.4. The number of fused-ring (bicyclic) bond motifs is 1. The zero-order valence-electron chi connectivity index (χ0n) is 18.7. The highest BCUT2D eigenvalue weighted by atomic mass is 35.5. The number of halogens is 1. The number of ether oxygens (including phenoxy) is 2. The second-order valence-electron chi connectivity index (χ2n) is 7.32. The molecule has 0 saturated carbocycles. The molecule has 0 spiro atoms. The van der Waals surface area contributed by atoms with Crippen molar-refractivity contribution in [1.82, 2.24) is 9.97 Å². The third-order valence-corrected chi connectivity index (χ3v) is 5.40. The average Bonchev–Trinajstić information content (AvgIpc) is 2.82. The number of aliphatic hydroxyl groups is 2. The first-order chi connectivity index (χ1) is 15.9. The number of aliphatic hydroxyl groups excluding tert-OH is 2. The number of anilines is 2. The van der Waals surface area contributed by atoms with Gasteiger partial charge in [0.15, 0.2) is 0 Å². The van der Waals surface area contributed by atoms with E-state index < -0.39 is 12.7 Å². The Balaban J connectivity index is 2.06. The Morgan fingerprint density at radius 3 is 2.64 bits per heavy atom. The van der Waals surface area contributed by atoms with Crippen LogP contribution in [-0.4, -0.2) is 53.0 Å². The lowest BCUT2D eigenvalue weighted by Gasteiger charge is -2.19. The Bertz CT molecular complexity index is 1140. The number of carbonyl (C=O) groups excluding carboxylic acids is 1. The molecule has 2 aromatic carbocycles. The molecular weight excluding hydrogens is 448 g/mol. The molecule has 1 atom stereocenters. The van der Waals surface area contributed by atoms with E-state index in [1.807, 2.05) is 6.07 Å². The van der Waals surface area contributed by atoms with E-state index in [9.17, 15) is 15.0 Å². The fraction of sp³-hybridized carbons (Fsp3) is 0.348. The molecule has 0 radical (unpaired) electrons. The third-order valence-electron chi connectivity index (χ3n) is 5.10. The molecule has 0 bridgehead atoms. The van der Waals surface area contributed by atoms with Gasteiger partial charge in [0.1, 0.15) is 23.6 Å². The monoisotopic (exact) mass is 474 g/mol. The number of carbonyl (C=O) groups is 1. The molecule has 4 N–H and O–H groups in total. The van der Waals surface area contributed by atoms with Crippen LogP contribution in [0.3, 0.4) is 0 Å². The molecule has 3 aromatic rings. The van der Waals surface area contributed by atoms with Crippen LogP contribution < -0.4 is 20.1 Å². The highest BCUT2D eigenvalue weighted by Gasteiger charge is 2.21. The first kappa shape index (κ1) is 24.5. The van der Waals surface area contributed by atoms with E-state index in [1.165, 1.54) is 13.4 Å². The molecule has 0 aliphatic rings. The summed E-state index contributed by atoms with van der Waals surface area (Å²) < 4.78 is 10.8. The van der Waals surface area contributed by atoms with Gasteiger partial charge in [0.2, 0.25) is 5.91 Å². The minimum atomic E-state index is -1.02. The summed E-state index contributed by atoms with van der Waals surface area (Å²) in [5, 5.41) is 26.7. The van der Waals surface area contributed by atoms with E-state index >= 15 is 0 Å². The number of hydrogen-bond donors (Lipinski definition) is 4. The zero-order valence-corrected chi connectivity index (χ0v) is 19.4. The average molecular weight is 475 g/mol. The summed E-state index contributed by atoms with van der Waals surface area (Å²) in [7, 11) is 3.03. The molecule has 0 saturated heterocycles. The van der Waals surface area contributed by atoms with Crippen molar-refractivity contribution >= 4 is 39.9 Å². The van der Waals surface area contributed by atoms with Gasteiger partial charge in [0, 0.05) is 30.3 Å². The number of nitrogens with zero attached hydrogens (tertiary/aromatic N) is 2. The summed E-state index contributed by atoms with van der Waals surface area (Å²) in [6, 6.07) is 7.21. The van der Waals surface area contributed by atoms with E-state index in [2.05, 4.69) is 20.6 Å². The maximum Gasteiger partial charge on any atom is 0.224 e. The number of benzene rings is 2. The molecule has 1 aromatic heterocycles. The minimum Gasteiger partial charge on any atom is -0.495 e. The maximum atomic E-state index is 12.1. The number of nitrogens with one attached hydrogen (secondary N) is 2. The number of hydrogen-bond acceptors (Lipinski definition) is 8. The standard InChI is InChI=1S/C23H27ClN4O5/c1-4-20(31)28-18-9-16-21(15(22(18)33-3)8-14(30)11-29)26-12-27-23(16)25-10-13-5-6-19(32-2)17(24)7-13/h5-7,9,12,14,29-30H,4,8,10-11H2,1-3H3,(H,28,31)(H,25,26,27). The van der Waals surface area contributed by atoms with Gasteiger partial charge < -0.3 is 30.3 Å². The van der Waals surface area contributed by atoms with Crippen molar-refractivity contribution in [3.05, 3.63) is 46.7 Å². The normalized spacial score (nSPS) is 11.8. The summed E-state index contributed by atoms with van der Waals surface area (Å²) >= 11 is 6.23. The van der Waals surface area contributed by atoms with Crippen LogP contribution in [0.5, 0.6) is 11.5 Å². The van der Waals surface area contributed by atoms with Gasteiger partial charge in [-0.1, -0.05) is 24.6 Å². The van der Waals surface area contributed by atoms with Crippen LogP contribution >= 0.6 is 11.6 Å². The van der Waals surface area contributed by atoms with Gasteiger partial charge in [-0.25, -0.2) is 9.97 Å².